The molecule has 1 aliphatic rings. The zero-order chi connectivity index (χ0) is 20.5. The minimum atomic E-state index is 0.200. The fourth-order valence-electron chi connectivity index (χ4n) is 3.92. The molecule has 6 nitrogen and oxygen atoms in total. The maximum absolute atomic E-state index is 9.81. The van der Waals surface area contributed by atoms with Gasteiger partial charge in [0.05, 0.1) is 27.0 Å². The minimum absolute atomic E-state index is 0.200. The van der Waals surface area contributed by atoms with E-state index < -0.39 is 0 Å². The Bertz CT molecular complexity index is 1210. The molecule has 1 N–H and O–H groups in total. The highest BCUT2D eigenvalue weighted by Crippen LogP contribution is 2.40. The van der Waals surface area contributed by atoms with Crippen molar-refractivity contribution in [1.29, 1.82) is 10.7 Å². The lowest BCUT2D eigenvalue weighted by Gasteiger charge is -2.25. The molecule has 0 saturated carbocycles. The number of ether oxygens (including phenoxy) is 3. The van der Waals surface area contributed by atoms with Crippen molar-refractivity contribution < 1.29 is 14.2 Å². The Morgan fingerprint density at radius 1 is 0.897 bits per heavy atom. The summed E-state index contributed by atoms with van der Waals surface area (Å²) in [5, 5.41) is 18.5. The number of para-hydroxylation sites is 1. The Morgan fingerprint density at radius 3 is 2.28 bits per heavy atom. The SMILES string of the molecule is COc1cc2c(cc1OC)-c1cc(-c3ccccc3OC)c(C#N)c(=N)n1CC2. The van der Waals surface area contributed by atoms with Crippen molar-refractivity contribution in [2.75, 3.05) is 21.3 Å². The van der Waals surface area contributed by atoms with Gasteiger partial charge in [0.15, 0.2) is 11.5 Å². The van der Waals surface area contributed by atoms with Crippen molar-refractivity contribution in [2.24, 2.45) is 0 Å². The third-order valence-corrected chi connectivity index (χ3v) is 5.35. The molecular weight excluding hydrogens is 366 g/mol. The number of methoxy groups -OCH3 is 3. The highest BCUT2D eigenvalue weighted by atomic mass is 16.5. The Hall–Kier alpha value is -3.72. The summed E-state index contributed by atoms with van der Waals surface area (Å²) in [7, 11) is 4.83. The number of benzene rings is 2. The Balaban J connectivity index is 2.04. The molecule has 2 aromatic carbocycles. The summed E-state index contributed by atoms with van der Waals surface area (Å²) in [5.41, 5.74) is 4.98. The summed E-state index contributed by atoms with van der Waals surface area (Å²) < 4.78 is 18.3. The summed E-state index contributed by atoms with van der Waals surface area (Å²) in [5.74, 6) is 1.98. The number of nitriles is 1. The van der Waals surface area contributed by atoms with E-state index in [1.165, 1.54) is 0 Å². The zero-order valence-corrected chi connectivity index (χ0v) is 16.6. The number of nitrogens with zero attached hydrogens (tertiary/aromatic N) is 2. The van der Waals surface area contributed by atoms with Crippen LogP contribution in [0.5, 0.6) is 17.2 Å². The van der Waals surface area contributed by atoms with Crippen LogP contribution in [0.25, 0.3) is 22.4 Å². The number of hydrogen-bond acceptors (Lipinski definition) is 5. The summed E-state index contributed by atoms with van der Waals surface area (Å²) in [6, 6.07) is 15.7. The van der Waals surface area contributed by atoms with Crippen molar-refractivity contribution in [1.82, 2.24) is 4.57 Å². The molecule has 0 aliphatic carbocycles. The molecule has 2 heterocycles. The molecule has 0 amide bonds. The van der Waals surface area contributed by atoms with Gasteiger partial charge in [-0.25, -0.2) is 0 Å². The van der Waals surface area contributed by atoms with E-state index in [0.717, 1.165) is 28.8 Å². The van der Waals surface area contributed by atoms with Crippen LogP contribution in [-0.2, 0) is 13.0 Å². The number of nitrogens with one attached hydrogen (secondary N) is 1. The molecule has 0 saturated heterocycles. The highest BCUT2D eigenvalue weighted by molar-refractivity contribution is 5.81. The Morgan fingerprint density at radius 2 is 1.59 bits per heavy atom. The van der Waals surface area contributed by atoms with E-state index in [4.69, 9.17) is 19.6 Å². The van der Waals surface area contributed by atoms with E-state index >= 15 is 0 Å². The maximum Gasteiger partial charge on any atom is 0.161 e. The number of aryl methyl sites for hydroxylation is 1. The van der Waals surface area contributed by atoms with Crippen LogP contribution in [0.15, 0.2) is 42.5 Å². The molecular formula is C23H21N3O3. The van der Waals surface area contributed by atoms with Gasteiger partial charge in [-0.05, 0) is 36.2 Å². The molecule has 0 fully saturated rings. The summed E-state index contributed by atoms with van der Waals surface area (Å²) >= 11 is 0. The fraction of sp³-hybridized carbons (Fsp3) is 0.217. The number of aromatic nitrogens is 1. The first-order valence-corrected chi connectivity index (χ1v) is 9.24. The molecule has 6 heteroatoms. The highest BCUT2D eigenvalue weighted by Gasteiger charge is 2.23. The molecule has 29 heavy (non-hydrogen) atoms. The van der Waals surface area contributed by atoms with Crippen molar-refractivity contribution in [2.45, 2.75) is 13.0 Å². The van der Waals surface area contributed by atoms with Gasteiger partial charge < -0.3 is 18.8 Å². The van der Waals surface area contributed by atoms with Crippen molar-refractivity contribution in [3.63, 3.8) is 0 Å². The lowest BCUT2D eigenvalue weighted by Crippen LogP contribution is -2.28. The smallest absolute Gasteiger partial charge is 0.161 e. The fourth-order valence-corrected chi connectivity index (χ4v) is 3.92. The average Bonchev–Trinajstić information content (AvgIpc) is 2.77. The van der Waals surface area contributed by atoms with Gasteiger partial charge in [0, 0.05) is 23.2 Å². The van der Waals surface area contributed by atoms with E-state index in [9.17, 15) is 5.26 Å². The molecule has 1 aromatic heterocycles. The second-order valence-electron chi connectivity index (χ2n) is 6.74. The van der Waals surface area contributed by atoms with E-state index in [-0.39, 0.29) is 5.49 Å². The van der Waals surface area contributed by atoms with Crippen LogP contribution in [-0.4, -0.2) is 25.9 Å². The molecule has 0 spiro atoms. The van der Waals surface area contributed by atoms with Gasteiger partial charge in [-0.1, -0.05) is 18.2 Å². The van der Waals surface area contributed by atoms with E-state index in [2.05, 4.69) is 6.07 Å². The molecule has 1 aliphatic heterocycles. The predicted molar refractivity (Wildman–Crippen MR) is 109 cm³/mol. The number of hydrogen-bond donors (Lipinski definition) is 1. The average molecular weight is 387 g/mol. The third kappa shape index (κ3) is 2.92. The van der Waals surface area contributed by atoms with Crippen LogP contribution in [0.2, 0.25) is 0 Å². The van der Waals surface area contributed by atoms with Gasteiger partial charge >= 0.3 is 0 Å². The number of fused-ring (bicyclic) bond motifs is 3. The Kier molecular flexibility index (Phi) is 4.73. The van der Waals surface area contributed by atoms with E-state index in [1.807, 2.05) is 47.0 Å². The number of pyridine rings is 1. The van der Waals surface area contributed by atoms with Crippen molar-refractivity contribution in [3.8, 4) is 45.7 Å². The van der Waals surface area contributed by atoms with Crippen LogP contribution in [0.4, 0.5) is 0 Å². The van der Waals surface area contributed by atoms with Crippen LogP contribution in [0.1, 0.15) is 11.1 Å². The quantitative estimate of drug-likeness (QED) is 0.739. The first-order chi connectivity index (χ1) is 14.1. The zero-order valence-electron chi connectivity index (χ0n) is 16.6. The van der Waals surface area contributed by atoms with Crippen LogP contribution >= 0.6 is 0 Å². The van der Waals surface area contributed by atoms with Crippen LogP contribution < -0.4 is 19.7 Å². The van der Waals surface area contributed by atoms with Crippen LogP contribution in [0, 0.1) is 16.7 Å². The van der Waals surface area contributed by atoms with Crippen molar-refractivity contribution in [3.05, 3.63) is 59.1 Å². The summed E-state index contributed by atoms with van der Waals surface area (Å²) in [6.45, 7) is 0.623. The first-order valence-electron chi connectivity index (χ1n) is 9.24. The monoisotopic (exact) mass is 387 g/mol. The molecule has 0 radical (unpaired) electrons. The Labute approximate surface area is 169 Å². The lowest BCUT2D eigenvalue weighted by atomic mass is 9.92. The molecule has 0 unspecified atom stereocenters. The van der Waals surface area contributed by atoms with Gasteiger partial charge in [0.25, 0.3) is 0 Å². The minimum Gasteiger partial charge on any atom is -0.496 e. The van der Waals surface area contributed by atoms with E-state index in [1.54, 1.807) is 21.3 Å². The van der Waals surface area contributed by atoms with Gasteiger partial charge in [-0.2, -0.15) is 5.26 Å². The molecule has 0 bridgehead atoms. The lowest BCUT2D eigenvalue weighted by molar-refractivity contribution is 0.354. The van der Waals surface area contributed by atoms with Crippen LogP contribution in [0.3, 0.4) is 0 Å². The van der Waals surface area contributed by atoms with Gasteiger partial charge in [-0.3, -0.25) is 5.41 Å². The summed E-state index contributed by atoms with van der Waals surface area (Å²) in [6.07, 6.45) is 0.748. The molecule has 0 atom stereocenters. The molecule has 3 aromatic rings. The normalized spacial score (nSPS) is 11.8. The summed E-state index contributed by atoms with van der Waals surface area (Å²) in [4.78, 5) is 0. The molecule has 4 rings (SSSR count). The van der Waals surface area contributed by atoms with Crippen molar-refractivity contribution >= 4 is 0 Å². The standard InChI is InChI=1S/C23H21N3O3/c1-27-20-7-5-4-6-15(20)17-11-19-16-12-22(29-3)21(28-2)10-14(16)8-9-26(19)23(25)18(17)13-24/h4-7,10-12,25H,8-9H2,1-3H3. The second-order valence-corrected chi connectivity index (χ2v) is 6.74. The van der Waals surface area contributed by atoms with E-state index in [0.29, 0.717) is 34.9 Å². The third-order valence-electron chi connectivity index (χ3n) is 5.35. The molecule has 146 valence electrons. The van der Waals surface area contributed by atoms with Gasteiger partial charge in [0.2, 0.25) is 0 Å². The van der Waals surface area contributed by atoms with Gasteiger partial charge in [-0.15, -0.1) is 0 Å². The first kappa shape index (κ1) is 18.6. The topological polar surface area (TPSA) is 80.3 Å². The predicted octanol–water partition coefficient (Wildman–Crippen LogP) is 3.76. The number of rotatable bonds is 4. The maximum atomic E-state index is 9.81. The second kappa shape index (κ2) is 7.36. The van der Waals surface area contributed by atoms with Gasteiger partial charge in [0.1, 0.15) is 22.9 Å². The largest absolute Gasteiger partial charge is 0.496 e.